The van der Waals surface area contributed by atoms with Crippen LogP contribution in [0.2, 0.25) is 0 Å². The number of nitro groups is 1. The Morgan fingerprint density at radius 1 is 1.16 bits per heavy atom. The summed E-state index contributed by atoms with van der Waals surface area (Å²) in [6.07, 6.45) is 0.683. The predicted octanol–water partition coefficient (Wildman–Crippen LogP) is 3.34. The highest BCUT2D eigenvalue weighted by Gasteiger charge is 2.19. The van der Waals surface area contributed by atoms with E-state index in [1.54, 1.807) is 6.92 Å². The molecule has 25 heavy (non-hydrogen) atoms. The van der Waals surface area contributed by atoms with Gasteiger partial charge in [0.1, 0.15) is 5.69 Å². The summed E-state index contributed by atoms with van der Waals surface area (Å²) in [5.74, 6) is -0.967. The summed E-state index contributed by atoms with van der Waals surface area (Å²) >= 11 is 0. The molecule has 1 amide bonds. The van der Waals surface area contributed by atoms with Gasteiger partial charge in [0.2, 0.25) is 5.91 Å². The van der Waals surface area contributed by atoms with Crippen LogP contribution in [0.15, 0.2) is 48.5 Å². The fraction of sp³-hybridized carbons (Fsp3) is 0.222. The highest BCUT2D eigenvalue weighted by molar-refractivity contribution is 5.97. The minimum absolute atomic E-state index is 0.0198. The third kappa shape index (κ3) is 5.13. The van der Waals surface area contributed by atoms with Crippen molar-refractivity contribution in [3.63, 3.8) is 0 Å². The Balaban J connectivity index is 2.12. The van der Waals surface area contributed by atoms with Crippen LogP contribution in [-0.4, -0.2) is 23.4 Å². The molecule has 7 heteroatoms. The van der Waals surface area contributed by atoms with Crippen LogP contribution in [0.5, 0.6) is 0 Å². The molecule has 7 nitrogen and oxygen atoms in total. The molecule has 0 bridgehead atoms. The van der Waals surface area contributed by atoms with Gasteiger partial charge in [0, 0.05) is 12.5 Å². The first-order valence-electron chi connectivity index (χ1n) is 7.80. The highest BCUT2D eigenvalue weighted by atomic mass is 16.6. The highest BCUT2D eigenvalue weighted by Crippen LogP contribution is 2.26. The maximum absolute atomic E-state index is 12.1. The van der Waals surface area contributed by atoms with Crippen molar-refractivity contribution < 1.29 is 19.2 Å². The van der Waals surface area contributed by atoms with Gasteiger partial charge >= 0.3 is 5.97 Å². The maximum atomic E-state index is 12.1. The van der Waals surface area contributed by atoms with Crippen molar-refractivity contribution in [1.29, 1.82) is 0 Å². The number of amides is 1. The molecule has 1 N–H and O–H groups in total. The number of rotatable bonds is 7. The van der Waals surface area contributed by atoms with E-state index in [2.05, 4.69) is 5.32 Å². The molecular weight excluding hydrogens is 324 g/mol. The SMILES string of the molecule is CCOC(=O)c1ccc([N+](=O)[O-])c(NC(=O)CCc2ccccc2)c1. The zero-order chi connectivity index (χ0) is 18.2. The lowest BCUT2D eigenvalue weighted by Gasteiger charge is -2.08. The predicted molar refractivity (Wildman–Crippen MR) is 92.4 cm³/mol. The Labute approximate surface area is 144 Å². The normalized spacial score (nSPS) is 10.1. The van der Waals surface area contributed by atoms with Crippen molar-refractivity contribution in [3.05, 3.63) is 69.8 Å². The first-order valence-corrected chi connectivity index (χ1v) is 7.80. The number of benzene rings is 2. The van der Waals surface area contributed by atoms with Gasteiger partial charge in [-0.25, -0.2) is 4.79 Å². The lowest BCUT2D eigenvalue weighted by molar-refractivity contribution is -0.383. The second kappa shape index (κ2) is 8.58. The van der Waals surface area contributed by atoms with Crippen LogP contribution in [0, 0.1) is 10.1 Å². The number of nitrogens with one attached hydrogen (secondary N) is 1. The van der Waals surface area contributed by atoms with Crippen LogP contribution in [0.3, 0.4) is 0 Å². The lowest BCUT2D eigenvalue weighted by atomic mass is 10.1. The zero-order valence-electron chi connectivity index (χ0n) is 13.7. The summed E-state index contributed by atoms with van der Waals surface area (Å²) in [7, 11) is 0. The van der Waals surface area contributed by atoms with E-state index in [-0.39, 0.29) is 35.9 Å². The molecule has 0 aliphatic carbocycles. The summed E-state index contributed by atoms with van der Waals surface area (Å²) < 4.78 is 4.87. The van der Waals surface area contributed by atoms with Gasteiger partial charge in [0.15, 0.2) is 0 Å². The number of ether oxygens (including phenoxy) is 1. The van der Waals surface area contributed by atoms with Crippen molar-refractivity contribution in [2.24, 2.45) is 0 Å². The fourth-order valence-electron chi connectivity index (χ4n) is 2.25. The van der Waals surface area contributed by atoms with Gasteiger partial charge in [0.05, 0.1) is 17.1 Å². The van der Waals surface area contributed by atoms with Crippen LogP contribution < -0.4 is 5.32 Å². The van der Waals surface area contributed by atoms with E-state index in [9.17, 15) is 19.7 Å². The van der Waals surface area contributed by atoms with E-state index >= 15 is 0 Å². The van der Waals surface area contributed by atoms with Gasteiger partial charge in [0.25, 0.3) is 5.69 Å². The van der Waals surface area contributed by atoms with Crippen molar-refractivity contribution in [1.82, 2.24) is 0 Å². The molecular formula is C18H18N2O5. The van der Waals surface area contributed by atoms with Crippen LogP contribution in [-0.2, 0) is 16.0 Å². The number of carbonyl (C=O) groups excluding carboxylic acids is 2. The third-order valence-electron chi connectivity index (χ3n) is 3.46. The topological polar surface area (TPSA) is 98.5 Å². The Bertz CT molecular complexity index is 774. The number of esters is 1. The largest absolute Gasteiger partial charge is 0.462 e. The summed E-state index contributed by atoms with van der Waals surface area (Å²) in [5, 5.41) is 13.6. The molecule has 0 spiro atoms. The van der Waals surface area contributed by atoms with Gasteiger partial charge in [-0.3, -0.25) is 14.9 Å². The number of hydrogen-bond acceptors (Lipinski definition) is 5. The van der Waals surface area contributed by atoms with Gasteiger partial charge in [-0.05, 0) is 31.0 Å². The maximum Gasteiger partial charge on any atom is 0.338 e. The van der Waals surface area contributed by atoms with Gasteiger partial charge in [-0.15, -0.1) is 0 Å². The number of nitro benzene ring substituents is 1. The molecule has 0 atom stereocenters. The van der Waals surface area contributed by atoms with E-state index in [0.717, 1.165) is 5.56 Å². The molecule has 0 aliphatic heterocycles. The van der Waals surface area contributed by atoms with Gasteiger partial charge in [-0.2, -0.15) is 0 Å². The van der Waals surface area contributed by atoms with E-state index < -0.39 is 10.9 Å². The van der Waals surface area contributed by atoms with E-state index in [0.29, 0.717) is 6.42 Å². The molecule has 0 radical (unpaired) electrons. The molecule has 0 fully saturated rings. The smallest absolute Gasteiger partial charge is 0.338 e. The zero-order valence-corrected chi connectivity index (χ0v) is 13.7. The van der Waals surface area contributed by atoms with Crippen LogP contribution >= 0.6 is 0 Å². The molecule has 2 aromatic rings. The van der Waals surface area contributed by atoms with Crippen molar-refractivity contribution >= 4 is 23.3 Å². The van der Waals surface area contributed by atoms with E-state index in [1.165, 1.54) is 18.2 Å². The van der Waals surface area contributed by atoms with E-state index in [1.807, 2.05) is 30.3 Å². The average Bonchev–Trinajstić information content (AvgIpc) is 2.61. The molecule has 130 valence electrons. The number of aryl methyl sites for hydroxylation is 1. The fourth-order valence-corrected chi connectivity index (χ4v) is 2.25. The summed E-state index contributed by atoms with van der Waals surface area (Å²) in [6, 6.07) is 13.2. The molecule has 0 saturated carbocycles. The summed E-state index contributed by atoms with van der Waals surface area (Å²) in [5.41, 5.74) is 0.841. The van der Waals surface area contributed by atoms with Crippen LogP contribution in [0.1, 0.15) is 29.3 Å². The summed E-state index contributed by atoms with van der Waals surface area (Å²) in [6.45, 7) is 1.85. The van der Waals surface area contributed by atoms with Crippen LogP contribution in [0.25, 0.3) is 0 Å². The Morgan fingerprint density at radius 3 is 2.52 bits per heavy atom. The second-order valence-electron chi connectivity index (χ2n) is 5.24. The minimum Gasteiger partial charge on any atom is -0.462 e. The quantitative estimate of drug-likeness (QED) is 0.473. The number of carbonyl (C=O) groups is 2. The first kappa shape index (κ1) is 18.1. The van der Waals surface area contributed by atoms with Gasteiger partial charge < -0.3 is 10.1 Å². The molecule has 0 aromatic heterocycles. The van der Waals surface area contributed by atoms with Crippen molar-refractivity contribution in [2.75, 3.05) is 11.9 Å². The standard InChI is InChI=1S/C18H18N2O5/c1-2-25-18(22)14-9-10-16(20(23)24)15(12-14)19-17(21)11-8-13-6-4-3-5-7-13/h3-7,9-10,12H,2,8,11H2,1H3,(H,19,21). The van der Waals surface area contributed by atoms with Gasteiger partial charge in [-0.1, -0.05) is 30.3 Å². The molecule has 0 unspecified atom stereocenters. The molecule has 2 rings (SSSR count). The molecule has 0 heterocycles. The second-order valence-corrected chi connectivity index (χ2v) is 5.24. The van der Waals surface area contributed by atoms with Crippen molar-refractivity contribution in [2.45, 2.75) is 19.8 Å². The van der Waals surface area contributed by atoms with Crippen LogP contribution in [0.4, 0.5) is 11.4 Å². The average molecular weight is 342 g/mol. The third-order valence-corrected chi connectivity index (χ3v) is 3.46. The monoisotopic (exact) mass is 342 g/mol. The number of nitrogens with zero attached hydrogens (tertiary/aromatic N) is 1. The molecule has 0 aliphatic rings. The lowest BCUT2D eigenvalue weighted by Crippen LogP contribution is -2.14. The van der Waals surface area contributed by atoms with E-state index in [4.69, 9.17) is 4.74 Å². The Morgan fingerprint density at radius 2 is 1.88 bits per heavy atom. The Hall–Kier alpha value is -3.22. The first-order chi connectivity index (χ1) is 12.0. The minimum atomic E-state index is -0.609. The van der Waals surface area contributed by atoms with Crippen molar-refractivity contribution in [3.8, 4) is 0 Å². The summed E-state index contributed by atoms with van der Waals surface area (Å²) in [4.78, 5) is 34.4. The molecule has 2 aromatic carbocycles. The Kier molecular flexibility index (Phi) is 6.22. The molecule has 0 saturated heterocycles. The number of hydrogen-bond donors (Lipinski definition) is 1. The number of anilines is 1.